The number of urea groups is 1. The first-order valence-corrected chi connectivity index (χ1v) is 11.8. The van der Waals surface area contributed by atoms with E-state index < -0.39 is 17.2 Å². The summed E-state index contributed by atoms with van der Waals surface area (Å²) in [5.74, 6) is -0.534. The van der Waals surface area contributed by atoms with Crippen molar-refractivity contribution in [1.29, 1.82) is 0 Å². The van der Waals surface area contributed by atoms with Gasteiger partial charge in [0, 0.05) is 30.8 Å². The third-order valence-electron chi connectivity index (χ3n) is 5.89. The first-order chi connectivity index (χ1) is 15.1. The Balaban J connectivity index is 1.30. The van der Waals surface area contributed by atoms with Gasteiger partial charge >= 0.3 is 12.1 Å². The number of nitrogens with zero attached hydrogens (tertiary/aromatic N) is 3. The summed E-state index contributed by atoms with van der Waals surface area (Å²) in [5.41, 5.74) is -0.459. The van der Waals surface area contributed by atoms with Crippen molar-refractivity contribution in [2.45, 2.75) is 77.0 Å². The van der Waals surface area contributed by atoms with Crippen LogP contribution in [-0.2, 0) is 27.3 Å². The first-order valence-electron chi connectivity index (χ1n) is 11.0. The standard InChI is InChI=1S/C21H29N5O5S/c1-20(2,3)31-19(30)25-10-6-13-14(12-25)32-17(22-13)23-15(27)7-11-26-16(28)21(24-18(26)29)8-4-5-9-21/h4-12H2,1-3H3,(H,24,29)(H,22,23,27). The molecular formula is C21H29N5O5S. The molecule has 3 aliphatic rings. The van der Waals surface area contributed by atoms with Crippen LogP contribution in [0.4, 0.5) is 14.7 Å². The number of rotatable bonds is 4. The highest BCUT2D eigenvalue weighted by Crippen LogP contribution is 2.35. The lowest BCUT2D eigenvalue weighted by atomic mass is 9.98. The van der Waals surface area contributed by atoms with Gasteiger partial charge in [-0.25, -0.2) is 14.6 Å². The zero-order chi connectivity index (χ0) is 23.1. The monoisotopic (exact) mass is 463 g/mol. The zero-order valence-corrected chi connectivity index (χ0v) is 19.5. The molecule has 1 aromatic heterocycles. The zero-order valence-electron chi connectivity index (χ0n) is 18.7. The fraction of sp³-hybridized carbons (Fsp3) is 0.667. The maximum atomic E-state index is 12.7. The van der Waals surface area contributed by atoms with Gasteiger partial charge in [-0.3, -0.25) is 14.5 Å². The van der Waals surface area contributed by atoms with Gasteiger partial charge in [0.1, 0.15) is 11.1 Å². The maximum Gasteiger partial charge on any atom is 0.410 e. The number of imide groups is 1. The van der Waals surface area contributed by atoms with Gasteiger partial charge in [-0.2, -0.15) is 0 Å². The van der Waals surface area contributed by atoms with Crippen molar-refractivity contribution in [3.05, 3.63) is 10.6 Å². The van der Waals surface area contributed by atoms with Crippen LogP contribution in [0.2, 0.25) is 0 Å². The molecule has 1 aliphatic carbocycles. The Bertz CT molecular complexity index is 947. The number of hydrogen-bond acceptors (Lipinski definition) is 7. The minimum atomic E-state index is -0.762. The van der Waals surface area contributed by atoms with Crippen LogP contribution in [0.5, 0.6) is 0 Å². The van der Waals surface area contributed by atoms with Crippen LogP contribution in [0.1, 0.15) is 63.4 Å². The number of thiazole rings is 1. The van der Waals surface area contributed by atoms with Crippen molar-refractivity contribution in [2.75, 3.05) is 18.4 Å². The number of carbonyl (C=O) groups is 4. The number of ether oxygens (including phenoxy) is 1. The molecule has 1 saturated heterocycles. The molecule has 0 unspecified atom stereocenters. The molecule has 1 saturated carbocycles. The van der Waals surface area contributed by atoms with Crippen LogP contribution in [0.3, 0.4) is 0 Å². The molecule has 1 aromatic rings. The van der Waals surface area contributed by atoms with Crippen LogP contribution >= 0.6 is 11.3 Å². The summed E-state index contributed by atoms with van der Waals surface area (Å²) in [7, 11) is 0. The Kier molecular flexibility index (Phi) is 5.87. The van der Waals surface area contributed by atoms with Gasteiger partial charge in [0.05, 0.1) is 12.2 Å². The summed E-state index contributed by atoms with van der Waals surface area (Å²) in [6.07, 6.45) is 3.38. The average Bonchev–Trinajstić information content (AvgIpc) is 3.37. The molecule has 32 heavy (non-hydrogen) atoms. The van der Waals surface area contributed by atoms with E-state index in [0.29, 0.717) is 37.5 Å². The van der Waals surface area contributed by atoms with Gasteiger partial charge in [0.15, 0.2) is 5.13 Å². The Labute approximate surface area is 190 Å². The quantitative estimate of drug-likeness (QED) is 0.662. The maximum absolute atomic E-state index is 12.7. The molecule has 0 aromatic carbocycles. The second-order valence-corrected chi connectivity index (χ2v) is 10.6. The van der Waals surface area contributed by atoms with E-state index in [1.165, 1.54) is 11.3 Å². The number of amides is 5. The highest BCUT2D eigenvalue weighted by molar-refractivity contribution is 7.15. The van der Waals surface area contributed by atoms with Crippen LogP contribution < -0.4 is 10.6 Å². The van der Waals surface area contributed by atoms with Crippen molar-refractivity contribution < 1.29 is 23.9 Å². The van der Waals surface area contributed by atoms with Gasteiger partial charge in [0.2, 0.25) is 5.91 Å². The molecule has 0 atom stereocenters. The van der Waals surface area contributed by atoms with E-state index in [1.54, 1.807) is 4.90 Å². The number of anilines is 1. The third-order valence-corrected chi connectivity index (χ3v) is 6.89. The van der Waals surface area contributed by atoms with E-state index in [-0.39, 0.29) is 30.9 Å². The predicted octanol–water partition coefficient (Wildman–Crippen LogP) is 2.63. The van der Waals surface area contributed by atoms with Gasteiger partial charge in [0.25, 0.3) is 5.91 Å². The van der Waals surface area contributed by atoms with E-state index in [0.717, 1.165) is 28.3 Å². The molecule has 11 heteroatoms. The van der Waals surface area contributed by atoms with Crippen LogP contribution in [0.15, 0.2) is 0 Å². The Morgan fingerprint density at radius 1 is 1.25 bits per heavy atom. The summed E-state index contributed by atoms with van der Waals surface area (Å²) < 4.78 is 5.43. The topological polar surface area (TPSA) is 121 Å². The Morgan fingerprint density at radius 2 is 1.97 bits per heavy atom. The van der Waals surface area contributed by atoms with E-state index in [2.05, 4.69) is 15.6 Å². The molecule has 0 bridgehead atoms. The molecular weight excluding hydrogens is 434 g/mol. The fourth-order valence-electron chi connectivity index (χ4n) is 4.32. The molecule has 2 N–H and O–H groups in total. The van der Waals surface area contributed by atoms with Crippen molar-refractivity contribution in [1.82, 2.24) is 20.1 Å². The number of carbonyl (C=O) groups excluding carboxylic acids is 4. The van der Waals surface area contributed by atoms with Gasteiger partial charge < -0.3 is 20.3 Å². The molecule has 2 aliphatic heterocycles. The molecule has 10 nitrogen and oxygen atoms in total. The van der Waals surface area contributed by atoms with Gasteiger partial charge in [-0.15, -0.1) is 0 Å². The van der Waals surface area contributed by atoms with Gasteiger partial charge in [-0.1, -0.05) is 24.2 Å². The smallest absolute Gasteiger partial charge is 0.410 e. The molecule has 4 rings (SSSR count). The number of hydrogen-bond donors (Lipinski definition) is 2. The molecule has 2 fully saturated rings. The highest BCUT2D eigenvalue weighted by Gasteiger charge is 2.52. The summed E-state index contributed by atoms with van der Waals surface area (Å²) in [6, 6.07) is -0.420. The van der Waals surface area contributed by atoms with Crippen LogP contribution in [0.25, 0.3) is 0 Å². The van der Waals surface area contributed by atoms with Crippen LogP contribution in [-0.4, -0.2) is 63.0 Å². The molecule has 1 spiro atoms. The molecule has 0 radical (unpaired) electrons. The van der Waals surface area contributed by atoms with Crippen LogP contribution in [0, 0.1) is 0 Å². The van der Waals surface area contributed by atoms with E-state index in [9.17, 15) is 19.2 Å². The second-order valence-electron chi connectivity index (χ2n) is 9.52. The predicted molar refractivity (Wildman–Crippen MR) is 117 cm³/mol. The van der Waals surface area contributed by atoms with Crippen molar-refractivity contribution in [3.63, 3.8) is 0 Å². The summed E-state index contributed by atoms with van der Waals surface area (Å²) in [4.78, 5) is 57.8. The lowest BCUT2D eigenvalue weighted by Crippen LogP contribution is -2.44. The minimum Gasteiger partial charge on any atom is -0.444 e. The summed E-state index contributed by atoms with van der Waals surface area (Å²) in [5, 5.41) is 6.03. The lowest BCUT2D eigenvalue weighted by molar-refractivity contribution is -0.131. The summed E-state index contributed by atoms with van der Waals surface area (Å²) in [6.45, 7) is 6.42. The second kappa shape index (κ2) is 8.34. The Hall–Kier alpha value is -2.69. The number of aromatic nitrogens is 1. The first kappa shape index (κ1) is 22.5. The van der Waals surface area contributed by atoms with Gasteiger partial charge in [-0.05, 0) is 33.6 Å². The third kappa shape index (κ3) is 4.57. The van der Waals surface area contributed by atoms with Crippen molar-refractivity contribution in [2.24, 2.45) is 0 Å². The minimum absolute atomic E-state index is 0.00349. The fourth-order valence-corrected chi connectivity index (χ4v) is 5.36. The number of nitrogens with one attached hydrogen (secondary N) is 2. The lowest BCUT2D eigenvalue weighted by Gasteiger charge is -2.29. The van der Waals surface area contributed by atoms with Crippen molar-refractivity contribution in [3.8, 4) is 0 Å². The molecule has 5 amide bonds. The molecule has 174 valence electrons. The highest BCUT2D eigenvalue weighted by atomic mass is 32.1. The van der Waals surface area contributed by atoms with E-state index >= 15 is 0 Å². The molecule has 3 heterocycles. The van der Waals surface area contributed by atoms with E-state index in [1.807, 2.05) is 20.8 Å². The summed E-state index contributed by atoms with van der Waals surface area (Å²) >= 11 is 1.32. The SMILES string of the molecule is CC(C)(C)OC(=O)N1CCc2nc(NC(=O)CCN3C(=O)NC4(CCCC4)C3=O)sc2C1. The van der Waals surface area contributed by atoms with E-state index in [4.69, 9.17) is 4.74 Å². The average molecular weight is 464 g/mol. The number of fused-ring (bicyclic) bond motifs is 1. The normalized spacial score (nSPS) is 19.8. The largest absolute Gasteiger partial charge is 0.444 e. The Morgan fingerprint density at radius 3 is 2.66 bits per heavy atom. The van der Waals surface area contributed by atoms with Crippen molar-refractivity contribution >= 4 is 40.4 Å².